The molecule has 5 atom stereocenters. The molecule has 2 fully saturated rings. The number of benzene rings is 2. The van der Waals surface area contributed by atoms with Crippen molar-refractivity contribution in [3.05, 3.63) is 65.7 Å². The van der Waals surface area contributed by atoms with Gasteiger partial charge in [0.05, 0.1) is 39.6 Å². The monoisotopic (exact) mass is 527 g/mol. The van der Waals surface area contributed by atoms with Crippen LogP contribution in [0.25, 0.3) is 0 Å². The first-order valence-electron chi connectivity index (χ1n) is 12.5. The summed E-state index contributed by atoms with van der Waals surface area (Å²) in [6, 6.07) is 15.8. The Morgan fingerprint density at radius 1 is 0.868 bits per heavy atom. The molecule has 2 aliphatic rings. The van der Waals surface area contributed by atoms with Crippen molar-refractivity contribution >= 4 is 18.0 Å². The zero-order valence-corrected chi connectivity index (χ0v) is 21.7. The third-order valence-corrected chi connectivity index (χ3v) is 6.54. The summed E-state index contributed by atoms with van der Waals surface area (Å²) >= 11 is 0. The molecule has 0 N–H and O–H groups in total. The summed E-state index contributed by atoms with van der Waals surface area (Å²) in [5.41, 5.74) is 1.93. The van der Waals surface area contributed by atoms with Crippen molar-refractivity contribution < 1.29 is 42.8 Å². The van der Waals surface area contributed by atoms with E-state index in [4.69, 9.17) is 28.4 Å². The van der Waals surface area contributed by atoms with Gasteiger partial charge >= 0.3 is 18.0 Å². The third-order valence-electron chi connectivity index (χ3n) is 6.54. The number of ether oxygens (including phenoxy) is 6. The lowest BCUT2D eigenvalue weighted by Gasteiger charge is -2.26. The molecule has 38 heavy (non-hydrogen) atoms. The Hall–Kier alpha value is -3.63. The van der Waals surface area contributed by atoms with E-state index >= 15 is 0 Å². The molecule has 204 valence electrons. The Bertz CT molecular complexity index is 1090. The van der Waals surface area contributed by atoms with E-state index < -0.39 is 48.4 Å². The van der Waals surface area contributed by atoms with Crippen LogP contribution in [-0.4, -0.2) is 73.7 Å². The van der Waals surface area contributed by atoms with Gasteiger partial charge in [0.2, 0.25) is 0 Å². The van der Waals surface area contributed by atoms with E-state index in [1.807, 2.05) is 54.6 Å². The van der Waals surface area contributed by atoms with E-state index in [0.717, 1.165) is 16.9 Å². The van der Waals surface area contributed by atoms with Gasteiger partial charge in [-0.2, -0.15) is 0 Å². The molecular weight excluding hydrogens is 494 g/mol. The van der Waals surface area contributed by atoms with Crippen LogP contribution < -0.4 is 4.74 Å². The first-order valence-corrected chi connectivity index (χ1v) is 12.5. The minimum absolute atomic E-state index is 0.0664. The summed E-state index contributed by atoms with van der Waals surface area (Å²) in [5, 5.41) is 0. The van der Waals surface area contributed by atoms with Gasteiger partial charge in [-0.25, -0.2) is 4.79 Å². The first-order chi connectivity index (χ1) is 18.4. The quantitative estimate of drug-likeness (QED) is 0.233. The van der Waals surface area contributed by atoms with Gasteiger partial charge in [0, 0.05) is 20.3 Å². The Morgan fingerprint density at radius 3 is 2.16 bits per heavy atom. The van der Waals surface area contributed by atoms with Crippen LogP contribution in [0.2, 0.25) is 0 Å². The number of cyclic esters (lactones) is 1. The van der Waals surface area contributed by atoms with Gasteiger partial charge in [0.15, 0.2) is 12.2 Å². The highest BCUT2D eigenvalue weighted by Crippen LogP contribution is 2.39. The number of hydrogen-bond donors (Lipinski definition) is 0. The summed E-state index contributed by atoms with van der Waals surface area (Å²) in [7, 11) is 1.61. The molecule has 0 saturated carbocycles. The fourth-order valence-corrected chi connectivity index (χ4v) is 4.91. The number of carbonyl (C=O) groups excluding carboxylic acids is 3. The van der Waals surface area contributed by atoms with Gasteiger partial charge in [0.25, 0.3) is 0 Å². The fraction of sp³-hybridized carbons (Fsp3) is 0.464. The standard InChI is InChI=1S/C28H33NO9/c1-18(30)36-26-23(17-35-16-20-7-5-4-6-8-20)29-25(27(26)37-19(2)31)24(38-28(29)32)13-14-34-15-21-9-11-22(33-3)12-10-21/h4-12,23-27H,13-17H2,1-3H3/t23-,24+,25+,26-,27+/m1/s1. The molecule has 10 nitrogen and oxygen atoms in total. The zero-order chi connectivity index (χ0) is 27.1. The smallest absolute Gasteiger partial charge is 0.411 e. The summed E-state index contributed by atoms with van der Waals surface area (Å²) < 4.78 is 33.8. The third kappa shape index (κ3) is 6.62. The predicted octanol–water partition coefficient (Wildman–Crippen LogP) is 3.25. The van der Waals surface area contributed by atoms with Crippen molar-refractivity contribution in [3.63, 3.8) is 0 Å². The van der Waals surface area contributed by atoms with Crippen LogP contribution in [0, 0.1) is 0 Å². The van der Waals surface area contributed by atoms with Crippen LogP contribution in [0.1, 0.15) is 31.4 Å². The molecule has 2 aromatic rings. The highest BCUT2D eigenvalue weighted by molar-refractivity contribution is 5.74. The minimum atomic E-state index is -0.903. The van der Waals surface area contributed by atoms with E-state index in [-0.39, 0.29) is 6.61 Å². The number of methoxy groups -OCH3 is 1. The second kappa shape index (κ2) is 12.7. The number of fused-ring (bicyclic) bond motifs is 1. The maximum Gasteiger partial charge on any atom is 0.411 e. The van der Waals surface area contributed by atoms with Gasteiger partial charge in [0.1, 0.15) is 17.9 Å². The molecular formula is C28H33NO9. The normalized spacial score (nSPS) is 24.0. The Kier molecular flexibility index (Phi) is 9.19. The van der Waals surface area contributed by atoms with Gasteiger partial charge in [-0.05, 0) is 23.3 Å². The van der Waals surface area contributed by atoms with Crippen molar-refractivity contribution in [1.82, 2.24) is 4.90 Å². The highest BCUT2D eigenvalue weighted by Gasteiger charge is 2.62. The predicted molar refractivity (Wildman–Crippen MR) is 134 cm³/mol. The van der Waals surface area contributed by atoms with Crippen molar-refractivity contribution in [2.45, 2.75) is 63.9 Å². The summed E-state index contributed by atoms with van der Waals surface area (Å²) in [6.45, 7) is 3.60. The Morgan fingerprint density at radius 2 is 1.50 bits per heavy atom. The number of carbonyl (C=O) groups is 3. The van der Waals surface area contributed by atoms with Crippen LogP contribution in [0.3, 0.4) is 0 Å². The van der Waals surface area contributed by atoms with Crippen LogP contribution in [0.5, 0.6) is 5.75 Å². The minimum Gasteiger partial charge on any atom is -0.497 e. The van der Waals surface area contributed by atoms with E-state index in [1.54, 1.807) is 7.11 Å². The van der Waals surface area contributed by atoms with E-state index in [1.165, 1.54) is 18.7 Å². The Labute approximate surface area is 221 Å². The van der Waals surface area contributed by atoms with Crippen molar-refractivity contribution in [3.8, 4) is 5.75 Å². The molecule has 2 heterocycles. The van der Waals surface area contributed by atoms with E-state index in [9.17, 15) is 14.4 Å². The van der Waals surface area contributed by atoms with Gasteiger partial charge < -0.3 is 28.4 Å². The van der Waals surface area contributed by atoms with Crippen molar-refractivity contribution in [2.24, 2.45) is 0 Å². The molecule has 4 rings (SSSR count). The maximum absolute atomic E-state index is 13.0. The average molecular weight is 528 g/mol. The molecule has 0 radical (unpaired) electrons. The van der Waals surface area contributed by atoms with Crippen LogP contribution in [0.4, 0.5) is 4.79 Å². The number of rotatable bonds is 12. The molecule has 0 spiro atoms. The van der Waals surface area contributed by atoms with Crippen molar-refractivity contribution in [1.29, 1.82) is 0 Å². The lowest BCUT2D eigenvalue weighted by Crippen LogP contribution is -2.44. The Balaban J connectivity index is 1.44. The fourth-order valence-electron chi connectivity index (χ4n) is 4.91. The van der Waals surface area contributed by atoms with Gasteiger partial charge in [-0.3, -0.25) is 14.5 Å². The van der Waals surface area contributed by atoms with Crippen LogP contribution >= 0.6 is 0 Å². The SMILES string of the molecule is COc1ccc(COCC[C@@H]2OC(=O)N3[C@@H]2[C@H](OC(C)=O)[C@H](OC(C)=O)[C@H]3COCc2ccccc2)cc1. The van der Waals surface area contributed by atoms with Crippen LogP contribution in [-0.2, 0) is 46.5 Å². The van der Waals surface area contributed by atoms with Gasteiger partial charge in [-0.1, -0.05) is 42.5 Å². The molecule has 1 amide bonds. The molecule has 2 aromatic carbocycles. The molecule has 0 aromatic heterocycles. The second-order valence-electron chi connectivity index (χ2n) is 9.23. The van der Waals surface area contributed by atoms with E-state index in [0.29, 0.717) is 26.2 Å². The maximum atomic E-state index is 13.0. The molecule has 2 aliphatic heterocycles. The summed E-state index contributed by atoms with van der Waals surface area (Å²) in [4.78, 5) is 38.5. The number of amides is 1. The average Bonchev–Trinajstić information content (AvgIpc) is 3.37. The molecule has 0 aliphatic carbocycles. The topological polar surface area (TPSA) is 110 Å². The molecule has 0 unspecified atom stereocenters. The first kappa shape index (κ1) is 27.4. The summed E-state index contributed by atoms with van der Waals surface area (Å²) in [6.07, 6.45) is -2.63. The van der Waals surface area contributed by atoms with Crippen molar-refractivity contribution in [2.75, 3.05) is 20.3 Å². The molecule has 0 bridgehead atoms. The lowest BCUT2D eigenvalue weighted by molar-refractivity contribution is -0.166. The van der Waals surface area contributed by atoms with Gasteiger partial charge in [-0.15, -0.1) is 0 Å². The molecule has 10 heteroatoms. The highest BCUT2D eigenvalue weighted by atomic mass is 16.6. The van der Waals surface area contributed by atoms with E-state index in [2.05, 4.69) is 0 Å². The number of nitrogens with zero attached hydrogens (tertiary/aromatic N) is 1. The lowest BCUT2D eigenvalue weighted by atomic mass is 10.0. The number of hydrogen-bond acceptors (Lipinski definition) is 9. The second-order valence-corrected chi connectivity index (χ2v) is 9.23. The largest absolute Gasteiger partial charge is 0.497 e. The van der Waals surface area contributed by atoms with Crippen LogP contribution in [0.15, 0.2) is 54.6 Å². The zero-order valence-electron chi connectivity index (χ0n) is 21.7. The number of esters is 2. The molecule has 2 saturated heterocycles. The summed E-state index contributed by atoms with van der Waals surface area (Å²) in [5.74, 6) is -0.338.